The zero-order valence-electron chi connectivity index (χ0n) is 13.3. The van der Waals surface area contributed by atoms with E-state index in [-0.39, 0.29) is 5.91 Å². The minimum atomic E-state index is -0.489. The molecule has 0 aliphatic carbocycles. The number of carbonyl (C=O) groups is 1. The second-order valence-electron chi connectivity index (χ2n) is 5.57. The summed E-state index contributed by atoms with van der Waals surface area (Å²) >= 11 is 13.5. The van der Waals surface area contributed by atoms with Crippen molar-refractivity contribution in [2.24, 2.45) is 4.99 Å². The first-order valence-corrected chi connectivity index (χ1v) is 9.40. The van der Waals surface area contributed by atoms with Crippen LogP contribution in [-0.4, -0.2) is 11.1 Å². The number of thioether (sulfide) groups is 1. The van der Waals surface area contributed by atoms with Gasteiger partial charge in [-0.3, -0.25) is 4.79 Å². The lowest BCUT2D eigenvalue weighted by molar-refractivity contribution is -0.119. The lowest BCUT2D eigenvalue weighted by atomic mass is 10.2. The van der Waals surface area contributed by atoms with Gasteiger partial charge in [-0.05, 0) is 42.5 Å². The summed E-state index contributed by atoms with van der Waals surface area (Å²) in [4.78, 5) is 16.8. The fourth-order valence-corrected chi connectivity index (χ4v) is 4.01. The van der Waals surface area contributed by atoms with E-state index in [1.807, 2.05) is 30.3 Å². The van der Waals surface area contributed by atoms with E-state index in [0.717, 1.165) is 11.3 Å². The van der Waals surface area contributed by atoms with Crippen molar-refractivity contribution in [2.75, 3.05) is 0 Å². The number of amidine groups is 1. The predicted molar refractivity (Wildman–Crippen MR) is 106 cm³/mol. The first-order chi connectivity index (χ1) is 12.6. The molecule has 130 valence electrons. The van der Waals surface area contributed by atoms with Crippen LogP contribution in [0.4, 0.5) is 5.69 Å². The van der Waals surface area contributed by atoms with E-state index in [4.69, 9.17) is 27.6 Å². The van der Waals surface area contributed by atoms with Gasteiger partial charge in [0.25, 0.3) is 0 Å². The molecular formula is C19H12Cl2N2O2S. The lowest BCUT2D eigenvalue weighted by Gasteiger charge is -2.03. The van der Waals surface area contributed by atoms with E-state index in [1.165, 1.54) is 11.8 Å². The van der Waals surface area contributed by atoms with Crippen LogP contribution in [0.1, 0.15) is 11.0 Å². The molecule has 0 unspecified atom stereocenters. The van der Waals surface area contributed by atoms with Gasteiger partial charge in [0.15, 0.2) is 5.17 Å². The molecule has 4 rings (SSSR count). The van der Waals surface area contributed by atoms with E-state index in [9.17, 15) is 4.79 Å². The molecule has 7 heteroatoms. The minimum Gasteiger partial charge on any atom is -0.459 e. The average Bonchev–Trinajstić information content (AvgIpc) is 3.22. The maximum atomic E-state index is 12.3. The second kappa shape index (κ2) is 7.19. The smallest absolute Gasteiger partial charge is 0.247 e. The molecule has 0 bridgehead atoms. The first-order valence-electron chi connectivity index (χ1n) is 7.76. The molecule has 1 aliphatic heterocycles. The summed E-state index contributed by atoms with van der Waals surface area (Å²) in [5.41, 5.74) is 1.51. The molecule has 1 amide bonds. The van der Waals surface area contributed by atoms with Crippen molar-refractivity contribution in [3.63, 3.8) is 0 Å². The van der Waals surface area contributed by atoms with Crippen molar-refractivity contribution in [2.45, 2.75) is 5.25 Å². The molecule has 1 aliphatic rings. The van der Waals surface area contributed by atoms with Crippen LogP contribution in [0.15, 0.2) is 70.1 Å². The largest absolute Gasteiger partial charge is 0.459 e. The summed E-state index contributed by atoms with van der Waals surface area (Å²) < 4.78 is 5.88. The van der Waals surface area contributed by atoms with Gasteiger partial charge in [-0.1, -0.05) is 53.2 Å². The number of hydrogen-bond donors (Lipinski definition) is 1. The van der Waals surface area contributed by atoms with Crippen LogP contribution in [0, 0.1) is 0 Å². The third-order valence-electron chi connectivity index (χ3n) is 3.77. The Labute approximate surface area is 164 Å². The number of nitrogens with zero attached hydrogens (tertiary/aromatic N) is 1. The molecule has 0 spiro atoms. The first kappa shape index (κ1) is 17.2. The number of carbonyl (C=O) groups excluding carboxylic acids is 1. The number of rotatable bonds is 3. The number of benzene rings is 2. The van der Waals surface area contributed by atoms with Gasteiger partial charge in [-0.25, -0.2) is 4.99 Å². The van der Waals surface area contributed by atoms with Crippen molar-refractivity contribution < 1.29 is 9.21 Å². The zero-order chi connectivity index (χ0) is 18.1. The van der Waals surface area contributed by atoms with Gasteiger partial charge in [-0.15, -0.1) is 0 Å². The van der Waals surface area contributed by atoms with E-state index in [1.54, 1.807) is 30.3 Å². The van der Waals surface area contributed by atoms with Crippen LogP contribution in [0.2, 0.25) is 10.0 Å². The van der Waals surface area contributed by atoms with Crippen LogP contribution < -0.4 is 5.32 Å². The number of para-hydroxylation sites is 1. The Bertz CT molecular complexity index is 1000. The van der Waals surface area contributed by atoms with Crippen molar-refractivity contribution in [3.05, 3.63) is 76.5 Å². The molecule has 2 heterocycles. The number of halogens is 2. The van der Waals surface area contributed by atoms with Gasteiger partial charge < -0.3 is 9.73 Å². The third-order valence-corrected chi connectivity index (χ3v) is 5.41. The summed E-state index contributed by atoms with van der Waals surface area (Å²) in [7, 11) is 0. The van der Waals surface area contributed by atoms with Gasteiger partial charge >= 0.3 is 0 Å². The Balaban J connectivity index is 1.58. The molecule has 26 heavy (non-hydrogen) atoms. The van der Waals surface area contributed by atoms with Gasteiger partial charge in [-0.2, -0.15) is 0 Å². The van der Waals surface area contributed by atoms with Gasteiger partial charge in [0.2, 0.25) is 5.91 Å². The molecular weight excluding hydrogens is 391 g/mol. The van der Waals surface area contributed by atoms with E-state index in [2.05, 4.69) is 10.3 Å². The van der Waals surface area contributed by atoms with E-state index < -0.39 is 5.25 Å². The Morgan fingerprint density at radius 2 is 1.85 bits per heavy atom. The monoisotopic (exact) mass is 402 g/mol. The SMILES string of the molecule is O=C1NC(=Nc2ccccc2)S[C@@H]1c1ccc(-c2ccc(Cl)cc2Cl)o1. The van der Waals surface area contributed by atoms with Crippen LogP contribution in [0.25, 0.3) is 11.3 Å². The Hall–Kier alpha value is -2.21. The predicted octanol–water partition coefficient (Wildman–Crippen LogP) is 5.85. The molecule has 1 aromatic heterocycles. The maximum Gasteiger partial charge on any atom is 0.247 e. The summed E-state index contributed by atoms with van der Waals surface area (Å²) in [6, 6.07) is 18.2. The topological polar surface area (TPSA) is 54.6 Å². The van der Waals surface area contributed by atoms with Gasteiger partial charge in [0, 0.05) is 10.6 Å². The van der Waals surface area contributed by atoms with Crippen LogP contribution >= 0.6 is 35.0 Å². The van der Waals surface area contributed by atoms with Crippen LogP contribution in [0.5, 0.6) is 0 Å². The molecule has 1 saturated heterocycles. The Kier molecular flexibility index (Phi) is 4.76. The molecule has 4 nitrogen and oxygen atoms in total. The van der Waals surface area contributed by atoms with Gasteiger partial charge in [0.1, 0.15) is 16.8 Å². The zero-order valence-corrected chi connectivity index (χ0v) is 15.6. The maximum absolute atomic E-state index is 12.3. The number of nitrogens with one attached hydrogen (secondary N) is 1. The van der Waals surface area contributed by atoms with Crippen molar-refractivity contribution in [3.8, 4) is 11.3 Å². The van der Waals surface area contributed by atoms with Crippen molar-refractivity contribution >= 4 is 51.7 Å². The highest BCUT2D eigenvalue weighted by molar-refractivity contribution is 8.15. The Morgan fingerprint density at radius 1 is 1.04 bits per heavy atom. The standard InChI is InChI=1S/C19H12Cl2N2O2S/c20-11-6-7-13(14(21)10-11)15-8-9-16(25-15)17-18(24)23-19(26-17)22-12-4-2-1-3-5-12/h1-10,17H,(H,22,23,24)/t17-/m1/s1. The van der Waals surface area contributed by atoms with Crippen molar-refractivity contribution in [1.29, 1.82) is 0 Å². The van der Waals surface area contributed by atoms with Crippen LogP contribution in [-0.2, 0) is 4.79 Å². The van der Waals surface area contributed by atoms with Crippen molar-refractivity contribution in [1.82, 2.24) is 5.32 Å². The fourth-order valence-electron chi connectivity index (χ4n) is 2.55. The molecule has 1 N–H and O–H groups in total. The number of aliphatic imine (C=N–C) groups is 1. The van der Waals surface area contributed by atoms with E-state index in [0.29, 0.717) is 26.7 Å². The average molecular weight is 403 g/mol. The number of hydrogen-bond acceptors (Lipinski definition) is 4. The summed E-state index contributed by atoms with van der Waals surface area (Å²) in [5, 5.41) is 3.90. The normalized spacial score (nSPS) is 18.3. The number of furan rings is 1. The molecule has 0 radical (unpaired) electrons. The molecule has 1 atom stereocenters. The fraction of sp³-hybridized carbons (Fsp3) is 0.0526. The van der Waals surface area contributed by atoms with E-state index >= 15 is 0 Å². The lowest BCUT2D eigenvalue weighted by Crippen LogP contribution is -2.21. The summed E-state index contributed by atoms with van der Waals surface area (Å²) in [5.74, 6) is 0.975. The molecule has 3 aromatic rings. The quantitative estimate of drug-likeness (QED) is 0.597. The Morgan fingerprint density at radius 3 is 2.62 bits per heavy atom. The highest BCUT2D eigenvalue weighted by atomic mass is 35.5. The molecule has 1 fully saturated rings. The van der Waals surface area contributed by atoms with Gasteiger partial charge in [0.05, 0.1) is 10.7 Å². The highest BCUT2D eigenvalue weighted by Crippen LogP contribution is 2.39. The van der Waals surface area contributed by atoms with Crippen LogP contribution in [0.3, 0.4) is 0 Å². The molecule has 0 saturated carbocycles. The highest BCUT2D eigenvalue weighted by Gasteiger charge is 2.34. The number of amides is 1. The second-order valence-corrected chi connectivity index (χ2v) is 7.50. The summed E-state index contributed by atoms with van der Waals surface area (Å²) in [6.07, 6.45) is 0. The minimum absolute atomic E-state index is 0.159. The summed E-state index contributed by atoms with van der Waals surface area (Å²) in [6.45, 7) is 0. The third kappa shape index (κ3) is 3.51. The molecule has 2 aromatic carbocycles.